The van der Waals surface area contributed by atoms with E-state index in [0.717, 1.165) is 18.6 Å². The van der Waals surface area contributed by atoms with E-state index in [1.165, 1.54) is 12.3 Å². The fourth-order valence-electron chi connectivity index (χ4n) is 4.10. The molecular weight excluding hydrogens is 505 g/mol. The number of hydrogen-bond acceptors (Lipinski definition) is 6. The van der Waals surface area contributed by atoms with E-state index < -0.39 is 23.8 Å². The molecule has 2 fully saturated rings. The molecular formula is C22H22F5N7O3. The van der Waals surface area contributed by atoms with Gasteiger partial charge in [0.1, 0.15) is 17.5 Å². The molecule has 2 aliphatic rings. The molecule has 0 saturated carbocycles. The molecule has 3 aromatic rings. The van der Waals surface area contributed by atoms with Crippen molar-refractivity contribution in [1.82, 2.24) is 19.5 Å². The third-order valence-corrected chi connectivity index (χ3v) is 5.89. The van der Waals surface area contributed by atoms with E-state index >= 15 is 0 Å². The Hall–Kier alpha value is -4.01. The van der Waals surface area contributed by atoms with Crippen molar-refractivity contribution in [1.29, 1.82) is 0 Å². The highest BCUT2D eigenvalue weighted by molar-refractivity contribution is 5.89. The van der Waals surface area contributed by atoms with Crippen molar-refractivity contribution >= 4 is 29.3 Å². The van der Waals surface area contributed by atoms with Gasteiger partial charge >= 0.3 is 18.2 Å². The molecule has 2 aromatic heterocycles. The van der Waals surface area contributed by atoms with E-state index in [9.17, 15) is 26.7 Å². The van der Waals surface area contributed by atoms with Crippen molar-refractivity contribution in [3.8, 4) is 0 Å². The predicted molar refractivity (Wildman–Crippen MR) is 121 cm³/mol. The van der Waals surface area contributed by atoms with Crippen LogP contribution in [0.3, 0.4) is 0 Å². The number of carbonyl (C=O) groups excluding carboxylic acids is 1. The number of nitrogens with one attached hydrogen (secondary N) is 1. The molecule has 198 valence electrons. The second-order valence-corrected chi connectivity index (χ2v) is 8.52. The van der Waals surface area contributed by atoms with E-state index in [0.29, 0.717) is 48.9 Å². The molecule has 1 atom stereocenters. The SMILES string of the molecule is NC1CN(C(=O)Nc2cnc3ccc(N4CCC[C@@H]4c4cc(F)ccc4F)nn23)C1.O=C(O)C(F)(F)F. The Labute approximate surface area is 206 Å². The number of nitrogens with zero attached hydrogens (tertiary/aromatic N) is 5. The smallest absolute Gasteiger partial charge is 0.475 e. The Morgan fingerprint density at radius 2 is 1.84 bits per heavy atom. The number of nitrogens with two attached hydrogens (primary N) is 1. The standard InChI is InChI=1S/C20H21F2N7O.C2HF3O2/c21-12-3-4-15(22)14(8-12)16-2-1-7-28(16)18-6-5-17-24-9-19(29(17)26-18)25-20(30)27-10-13(23)11-27;3-2(4,5)1(6)7/h3-6,8-9,13,16H,1-2,7,10-11,23H2,(H,25,30);(H,6,7)/t16-;/m1./s1. The Morgan fingerprint density at radius 3 is 2.49 bits per heavy atom. The molecule has 1 aromatic carbocycles. The van der Waals surface area contributed by atoms with Gasteiger partial charge in [0, 0.05) is 31.2 Å². The molecule has 2 amide bonds. The van der Waals surface area contributed by atoms with Crippen LogP contribution >= 0.6 is 0 Å². The topological polar surface area (TPSA) is 129 Å². The summed E-state index contributed by atoms with van der Waals surface area (Å²) in [6, 6.07) is 6.56. The maximum atomic E-state index is 14.4. The normalized spacial score (nSPS) is 17.8. The molecule has 0 bridgehead atoms. The molecule has 2 aliphatic heterocycles. The van der Waals surface area contributed by atoms with Crippen LogP contribution in [0.1, 0.15) is 24.4 Å². The van der Waals surface area contributed by atoms with Gasteiger partial charge < -0.3 is 20.6 Å². The number of anilines is 2. The summed E-state index contributed by atoms with van der Waals surface area (Å²) in [5.74, 6) is -2.62. The lowest BCUT2D eigenvalue weighted by atomic mass is 10.0. The van der Waals surface area contributed by atoms with Gasteiger partial charge in [-0.1, -0.05) is 0 Å². The van der Waals surface area contributed by atoms with E-state index in [1.54, 1.807) is 21.5 Å². The van der Waals surface area contributed by atoms with Crippen molar-refractivity contribution in [2.45, 2.75) is 31.1 Å². The van der Waals surface area contributed by atoms with Crippen LogP contribution in [0.15, 0.2) is 36.5 Å². The third kappa shape index (κ3) is 5.71. The van der Waals surface area contributed by atoms with E-state index in [4.69, 9.17) is 15.6 Å². The lowest BCUT2D eigenvalue weighted by molar-refractivity contribution is -0.192. The number of alkyl halides is 3. The van der Waals surface area contributed by atoms with Crippen molar-refractivity contribution < 1.29 is 36.6 Å². The summed E-state index contributed by atoms with van der Waals surface area (Å²) in [5, 5.41) is 14.6. The summed E-state index contributed by atoms with van der Waals surface area (Å²) < 4.78 is 61.4. The first-order chi connectivity index (χ1) is 17.4. The zero-order chi connectivity index (χ0) is 26.9. The number of hydrogen-bond donors (Lipinski definition) is 3. The maximum absolute atomic E-state index is 14.4. The Morgan fingerprint density at radius 1 is 1.14 bits per heavy atom. The number of aromatic nitrogens is 3. The number of likely N-dealkylation sites (tertiary alicyclic amines) is 1. The van der Waals surface area contributed by atoms with Gasteiger partial charge in [-0.3, -0.25) is 5.32 Å². The minimum atomic E-state index is -5.08. The number of fused-ring (bicyclic) bond motifs is 1. The van der Waals surface area contributed by atoms with Crippen LogP contribution in [-0.2, 0) is 4.79 Å². The molecule has 10 nitrogen and oxygen atoms in total. The predicted octanol–water partition coefficient (Wildman–Crippen LogP) is 3.16. The molecule has 0 unspecified atom stereocenters. The van der Waals surface area contributed by atoms with Gasteiger partial charge in [-0.2, -0.15) is 17.7 Å². The molecule has 37 heavy (non-hydrogen) atoms. The molecule has 2 saturated heterocycles. The van der Waals surface area contributed by atoms with Gasteiger partial charge in [0.05, 0.1) is 12.2 Å². The zero-order valence-corrected chi connectivity index (χ0v) is 19.1. The van der Waals surface area contributed by atoms with Crippen LogP contribution in [0.25, 0.3) is 5.65 Å². The highest BCUT2D eigenvalue weighted by Gasteiger charge is 2.38. The van der Waals surface area contributed by atoms with Gasteiger partial charge in [-0.25, -0.2) is 23.4 Å². The number of halogens is 5. The van der Waals surface area contributed by atoms with E-state index in [2.05, 4.69) is 15.4 Å². The first-order valence-corrected chi connectivity index (χ1v) is 11.1. The first kappa shape index (κ1) is 26.1. The maximum Gasteiger partial charge on any atom is 0.490 e. The Kier molecular flexibility index (Phi) is 7.16. The summed E-state index contributed by atoms with van der Waals surface area (Å²) in [6.07, 6.45) is -2.01. The van der Waals surface area contributed by atoms with Gasteiger partial charge in [0.2, 0.25) is 0 Å². The Bertz CT molecular complexity index is 1310. The summed E-state index contributed by atoms with van der Waals surface area (Å²) in [5.41, 5.74) is 6.63. The lowest BCUT2D eigenvalue weighted by Crippen LogP contribution is -2.59. The monoisotopic (exact) mass is 527 g/mol. The van der Waals surface area contributed by atoms with Gasteiger partial charge in [-0.15, -0.1) is 5.10 Å². The van der Waals surface area contributed by atoms with Crippen LogP contribution in [0, 0.1) is 11.6 Å². The fraction of sp³-hybridized carbons (Fsp3) is 0.364. The molecule has 4 N–H and O–H groups in total. The quantitative estimate of drug-likeness (QED) is 0.447. The van der Waals surface area contributed by atoms with Crippen molar-refractivity contribution in [3.05, 3.63) is 53.7 Å². The van der Waals surface area contributed by atoms with Crippen molar-refractivity contribution in [2.24, 2.45) is 5.73 Å². The average Bonchev–Trinajstić information content (AvgIpc) is 3.45. The second-order valence-electron chi connectivity index (χ2n) is 8.52. The molecule has 0 spiro atoms. The number of rotatable bonds is 3. The first-order valence-electron chi connectivity index (χ1n) is 11.1. The van der Waals surface area contributed by atoms with Crippen molar-refractivity contribution in [3.63, 3.8) is 0 Å². The number of urea groups is 1. The van der Waals surface area contributed by atoms with Crippen LogP contribution in [0.2, 0.25) is 0 Å². The second kappa shape index (κ2) is 10.2. The number of imidazole rings is 1. The number of benzene rings is 1. The molecule has 5 rings (SSSR count). The molecule has 4 heterocycles. The molecule has 15 heteroatoms. The van der Waals surface area contributed by atoms with Crippen LogP contribution in [0.4, 0.5) is 38.4 Å². The lowest BCUT2D eigenvalue weighted by Gasteiger charge is -2.36. The number of carbonyl (C=O) groups is 2. The number of carboxylic acid groups (broad SMARTS) is 1. The van der Waals surface area contributed by atoms with E-state index in [1.807, 2.05) is 4.90 Å². The minimum absolute atomic E-state index is 0.0120. The van der Waals surface area contributed by atoms with Crippen LogP contribution in [0.5, 0.6) is 0 Å². The Balaban J connectivity index is 0.000000405. The summed E-state index contributed by atoms with van der Waals surface area (Å²) in [4.78, 5) is 29.1. The number of amides is 2. The summed E-state index contributed by atoms with van der Waals surface area (Å²) in [7, 11) is 0. The largest absolute Gasteiger partial charge is 0.490 e. The summed E-state index contributed by atoms with van der Waals surface area (Å²) >= 11 is 0. The molecule has 0 radical (unpaired) electrons. The van der Waals surface area contributed by atoms with Gasteiger partial charge in [0.25, 0.3) is 0 Å². The van der Waals surface area contributed by atoms with Crippen LogP contribution < -0.4 is 16.0 Å². The van der Waals surface area contributed by atoms with E-state index in [-0.39, 0.29) is 18.1 Å². The summed E-state index contributed by atoms with van der Waals surface area (Å²) in [6.45, 7) is 1.69. The zero-order valence-electron chi connectivity index (χ0n) is 19.1. The third-order valence-electron chi connectivity index (χ3n) is 5.89. The number of aliphatic carboxylic acids is 1. The number of carboxylic acids is 1. The highest BCUT2D eigenvalue weighted by atomic mass is 19.4. The average molecular weight is 527 g/mol. The van der Waals surface area contributed by atoms with Gasteiger partial charge in [0.15, 0.2) is 11.5 Å². The highest BCUT2D eigenvalue weighted by Crippen LogP contribution is 2.36. The van der Waals surface area contributed by atoms with Crippen LogP contribution in [-0.4, -0.2) is 68.5 Å². The fourth-order valence-corrected chi connectivity index (χ4v) is 4.10. The van der Waals surface area contributed by atoms with Crippen molar-refractivity contribution in [2.75, 3.05) is 29.9 Å². The minimum Gasteiger partial charge on any atom is -0.475 e. The molecule has 0 aliphatic carbocycles. The van der Waals surface area contributed by atoms with Gasteiger partial charge in [-0.05, 0) is 43.2 Å².